The second-order valence-electron chi connectivity index (χ2n) is 5.73. The molecular weight excluding hydrogens is 232 g/mol. The second kappa shape index (κ2) is 5.70. The maximum absolute atomic E-state index is 4.19. The van der Waals surface area contributed by atoms with Crippen LogP contribution in [-0.2, 0) is 6.54 Å². The van der Waals surface area contributed by atoms with Crippen molar-refractivity contribution in [3.63, 3.8) is 0 Å². The van der Waals surface area contributed by atoms with Crippen LogP contribution in [0.15, 0.2) is 36.7 Å². The van der Waals surface area contributed by atoms with Crippen LogP contribution in [0.1, 0.15) is 38.2 Å². The van der Waals surface area contributed by atoms with Crippen molar-refractivity contribution < 1.29 is 0 Å². The molecule has 0 bridgehead atoms. The Labute approximate surface area is 115 Å². The van der Waals surface area contributed by atoms with Gasteiger partial charge in [0.2, 0.25) is 0 Å². The molecule has 2 nitrogen and oxygen atoms in total. The van der Waals surface area contributed by atoms with E-state index in [0.717, 1.165) is 12.5 Å². The van der Waals surface area contributed by atoms with Gasteiger partial charge in [0.05, 0.1) is 0 Å². The number of nitrogens with one attached hydrogen (secondary N) is 1. The van der Waals surface area contributed by atoms with Gasteiger partial charge in [-0.2, -0.15) is 0 Å². The zero-order valence-electron chi connectivity index (χ0n) is 11.6. The van der Waals surface area contributed by atoms with E-state index in [0.29, 0.717) is 6.04 Å². The van der Waals surface area contributed by atoms with Crippen molar-refractivity contribution in [2.24, 2.45) is 5.92 Å². The molecule has 2 heteroatoms. The van der Waals surface area contributed by atoms with Gasteiger partial charge in [0.25, 0.3) is 0 Å². The minimum atomic E-state index is 0.625. The summed E-state index contributed by atoms with van der Waals surface area (Å²) < 4.78 is 0. The highest BCUT2D eigenvalue weighted by molar-refractivity contribution is 5.84. The van der Waals surface area contributed by atoms with Gasteiger partial charge in [0.15, 0.2) is 0 Å². The standard InChI is InChI=1S/C17H22N2/c1-13(14-5-2-3-6-14)19-12-16-8-4-7-15-11-18-10-9-17(15)16/h4,7-11,13-14,19H,2-3,5-6,12H2,1H3/t13-/m0/s1. The first-order chi connectivity index (χ1) is 9.34. The summed E-state index contributed by atoms with van der Waals surface area (Å²) in [6, 6.07) is 9.22. The molecular formula is C17H22N2. The van der Waals surface area contributed by atoms with Crippen LogP contribution in [0.4, 0.5) is 0 Å². The summed E-state index contributed by atoms with van der Waals surface area (Å²) in [5.41, 5.74) is 1.38. The SMILES string of the molecule is C[C@H](NCc1cccc2cnccc12)C1CCCC1. The zero-order chi connectivity index (χ0) is 13.1. The van der Waals surface area contributed by atoms with Crippen molar-refractivity contribution in [1.82, 2.24) is 10.3 Å². The molecule has 19 heavy (non-hydrogen) atoms. The molecule has 1 aliphatic rings. The third kappa shape index (κ3) is 2.79. The number of benzene rings is 1. The topological polar surface area (TPSA) is 24.9 Å². The number of hydrogen-bond donors (Lipinski definition) is 1. The van der Waals surface area contributed by atoms with Crippen LogP contribution < -0.4 is 5.32 Å². The summed E-state index contributed by atoms with van der Waals surface area (Å²) >= 11 is 0. The van der Waals surface area contributed by atoms with Crippen molar-refractivity contribution in [3.05, 3.63) is 42.2 Å². The molecule has 1 aromatic heterocycles. The fraction of sp³-hybridized carbons (Fsp3) is 0.471. The lowest BCUT2D eigenvalue weighted by atomic mass is 9.99. The minimum absolute atomic E-state index is 0.625. The summed E-state index contributed by atoms with van der Waals surface area (Å²) in [5, 5.41) is 6.27. The molecule has 0 aliphatic heterocycles. The van der Waals surface area contributed by atoms with Gasteiger partial charge < -0.3 is 5.32 Å². The molecule has 1 heterocycles. The Bertz CT molecular complexity index is 538. The molecule has 1 fully saturated rings. The normalized spacial score (nSPS) is 17.9. The third-order valence-electron chi connectivity index (χ3n) is 4.49. The zero-order valence-corrected chi connectivity index (χ0v) is 11.6. The Hall–Kier alpha value is -1.41. The van der Waals surface area contributed by atoms with Crippen LogP contribution in [0.2, 0.25) is 0 Å². The van der Waals surface area contributed by atoms with Crippen LogP contribution in [0.25, 0.3) is 10.8 Å². The van der Waals surface area contributed by atoms with E-state index in [9.17, 15) is 0 Å². The molecule has 0 saturated heterocycles. The van der Waals surface area contributed by atoms with Gasteiger partial charge in [0, 0.05) is 30.4 Å². The maximum atomic E-state index is 4.19. The number of pyridine rings is 1. The van der Waals surface area contributed by atoms with Gasteiger partial charge in [-0.25, -0.2) is 0 Å². The second-order valence-corrected chi connectivity index (χ2v) is 5.73. The molecule has 3 rings (SSSR count). The average Bonchev–Trinajstić information content (AvgIpc) is 2.99. The van der Waals surface area contributed by atoms with E-state index in [-0.39, 0.29) is 0 Å². The third-order valence-corrected chi connectivity index (χ3v) is 4.49. The molecule has 1 atom stereocenters. The van der Waals surface area contributed by atoms with E-state index >= 15 is 0 Å². The van der Waals surface area contributed by atoms with Gasteiger partial charge in [-0.1, -0.05) is 31.0 Å². The Balaban J connectivity index is 1.71. The van der Waals surface area contributed by atoms with E-state index in [1.54, 1.807) is 0 Å². The molecule has 0 radical (unpaired) electrons. The first-order valence-corrected chi connectivity index (χ1v) is 7.39. The first kappa shape index (κ1) is 12.6. The van der Waals surface area contributed by atoms with Gasteiger partial charge in [-0.3, -0.25) is 4.98 Å². The number of fused-ring (bicyclic) bond motifs is 1. The summed E-state index contributed by atoms with van der Waals surface area (Å²) in [6.45, 7) is 3.29. The van der Waals surface area contributed by atoms with Crippen molar-refractivity contribution in [2.45, 2.75) is 45.2 Å². The summed E-state index contributed by atoms with van der Waals surface area (Å²) in [6.07, 6.45) is 9.44. The quantitative estimate of drug-likeness (QED) is 0.895. The predicted octanol–water partition coefficient (Wildman–Crippen LogP) is 3.90. The Morgan fingerprint density at radius 1 is 1.26 bits per heavy atom. The lowest BCUT2D eigenvalue weighted by Crippen LogP contribution is -2.31. The largest absolute Gasteiger partial charge is 0.310 e. The lowest BCUT2D eigenvalue weighted by Gasteiger charge is -2.20. The van der Waals surface area contributed by atoms with Crippen LogP contribution in [-0.4, -0.2) is 11.0 Å². The molecule has 2 aromatic rings. The Morgan fingerprint density at radius 2 is 2.11 bits per heavy atom. The highest BCUT2D eigenvalue weighted by atomic mass is 14.9. The molecule has 1 aliphatic carbocycles. The first-order valence-electron chi connectivity index (χ1n) is 7.39. The van der Waals surface area contributed by atoms with Gasteiger partial charge in [-0.05, 0) is 42.7 Å². The number of hydrogen-bond acceptors (Lipinski definition) is 2. The summed E-state index contributed by atoms with van der Waals surface area (Å²) in [7, 11) is 0. The van der Waals surface area contributed by atoms with Gasteiger partial charge >= 0.3 is 0 Å². The summed E-state index contributed by atoms with van der Waals surface area (Å²) in [4.78, 5) is 4.19. The van der Waals surface area contributed by atoms with E-state index in [1.165, 1.54) is 42.0 Å². The average molecular weight is 254 g/mol. The fourth-order valence-electron chi connectivity index (χ4n) is 3.24. The highest BCUT2D eigenvalue weighted by Crippen LogP contribution is 2.27. The monoisotopic (exact) mass is 254 g/mol. The Kier molecular flexibility index (Phi) is 3.79. The van der Waals surface area contributed by atoms with Crippen LogP contribution in [0.3, 0.4) is 0 Å². The fourth-order valence-corrected chi connectivity index (χ4v) is 3.24. The predicted molar refractivity (Wildman–Crippen MR) is 80.0 cm³/mol. The molecule has 0 unspecified atom stereocenters. The van der Waals surface area contributed by atoms with Crippen LogP contribution >= 0.6 is 0 Å². The highest BCUT2D eigenvalue weighted by Gasteiger charge is 2.20. The van der Waals surface area contributed by atoms with E-state index < -0.39 is 0 Å². The van der Waals surface area contributed by atoms with Crippen LogP contribution in [0.5, 0.6) is 0 Å². The smallest absolute Gasteiger partial charge is 0.0346 e. The number of nitrogens with zero attached hydrogens (tertiary/aromatic N) is 1. The van der Waals surface area contributed by atoms with Crippen molar-refractivity contribution >= 4 is 10.8 Å². The van der Waals surface area contributed by atoms with Gasteiger partial charge in [-0.15, -0.1) is 0 Å². The van der Waals surface area contributed by atoms with Crippen molar-refractivity contribution in [1.29, 1.82) is 0 Å². The number of rotatable bonds is 4. The van der Waals surface area contributed by atoms with Crippen LogP contribution in [0, 0.1) is 5.92 Å². The lowest BCUT2D eigenvalue weighted by molar-refractivity contribution is 0.381. The maximum Gasteiger partial charge on any atom is 0.0346 e. The van der Waals surface area contributed by atoms with E-state index in [4.69, 9.17) is 0 Å². The molecule has 1 N–H and O–H groups in total. The molecule has 1 saturated carbocycles. The molecule has 1 aromatic carbocycles. The number of aromatic nitrogens is 1. The minimum Gasteiger partial charge on any atom is -0.310 e. The van der Waals surface area contributed by atoms with Gasteiger partial charge in [0.1, 0.15) is 0 Å². The van der Waals surface area contributed by atoms with E-state index in [2.05, 4.69) is 41.5 Å². The van der Waals surface area contributed by atoms with Crippen molar-refractivity contribution in [3.8, 4) is 0 Å². The van der Waals surface area contributed by atoms with Crippen molar-refractivity contribution in [2.75, 3.05) is 0 Å². The van der Waals surface area contributed by atoms with E-state index in [1.807, 2.05) is 12.4 Å². The molecule has 0 spiro atoms. The Morgan fingerprint density at radius 3 is 2.95 bits per heavy atom. The molecule has 0 amide bonds. The molecule has 100 valence electrons. The summed E-state index contributed by atoms with van der Waals surface area (Å²) in [5.74, 6) is 0.872.